The quantitative estimate of drug-likeness (QED) is 0.795. The molecule has 0 saturated heterocycles. The maximum absolute atomic E-state index is 12.2. The highest BCUT2D eigenvalue weighted by Gasteiger charge is 2.13. The average Bonchev–Trinajstić information content (AvgIpc) is 2.67. The van der Waals surface area contributed by atoms with Crippen LogP contribution in [0.5, 0.6) is 5.75 Å². The van der Waals surface area contributed by atoms with Crippen molar-refractivity contribution >= 4 is 5.91 Å². The van der Waals surface area contributed by atoms with Gasteiger partial charge in [0.2, 0.25) is 0 Å². The van der Waals surface area contributed by atoms with Crippen LogP contribution in [-0.4, -0.2) is 11.0 Å². The smallest absolute Gasteiger partial charge is 0.253 e. The largest absolute Gasteiger partial charge is 0.508 e. The van der Waals surface area contributed by atoms with Gasteiger partial charge in [-0.15, -0.1) is 0 Å². The minimum absolute atomic E-state index is 0.178. The number of rotatable bonds is 4. The molecule has 0 spiro atoms. The molecule has 4 N–H and O–H groups in total. The van der Waals surface area contributed by atoms with Crippen LogP contribution in [0, 0.1) is 0 Å². The molecule has 0 heterocycles. The molecule has 2 rings (SSSR count). The van der Waals surface area contributed by atoms with E-state index < -0.39 is 0 Å². The minimum atomic E-state index is -0.178. The number of nitrogens with one attached hydrogen (secondary N) is 1. The molecule has 1 aliphatic rings. The van der Waals surface area contributed by atoms with Gasteiger partial charge in [-0.1, -0.05) is 36.8 Å². The SMILES string of the molecule is CCC1=CC=CC(C(=O)NCc2ccc(O)cc2)=C(N)C1. The first-order valence-electron chi connectivity index (χ1n) is 7.01. The molecule has 1 aliphatic carbocycles. The van der Waals surface area contributed by atoms with Crippen molar-refractivity contribution in [1.29, 1.82) is 0 Å². The van der Waals surface area contributed by atoms with Gasteiger partial charge in [-0.3, -0.25) is 4.79 Å². The van der Waals surface area contributed by atoms with Crippen molar-refractivity contribution in [1.82, 2.24) is 5.32 Å². The summed E-state index contributed by atoms with van der Waals surface area (Å²) in [6.45, 7) is 2.47. The van der Waals surface area contributed by atoms with Crippen LogP contribution in [0.1, 0.15) is 25.3 Å². The van der Waals surface area contributed by atoms with Crippen LogP contribution in [0.3, 0.4) is 0 Å². The predicted octanol–water partition coefficient (Wildman–Crippen LogP) is 2.52. The summed E-state index contributed by atoms with van der Waals surface area (Å²) in [4.78, 5) is 12.2. The van der Waals surface area contributed by atoms with Crippen LogP contribution in [0.25, 0.3) is 0 Å². The van der Waals surface area contributed by atoms with Crippen molar-refractivity contribution in [3.8, 4) is 5.75 Å². The van der Waals surface area contributed by atoms with Crippen molar-refractivity contribution in [2.24, 2.45) is 5.73 Å². The van der Waals surface area contributed by atoms with Gasteiger partial charge in [0.05, 0.1) is 5.57 Å². The fourth-order valence-electron chi connectivity index (χ4n) is 2.14. The van der Waals surface area contributed by atoms with E-state index in [2.05, 4.69) is 12.2 Å². The Balaban J connectivity index is 2.01. The highest BCUT2D eigenvalue weighted by atomic mass is 16.3. The van der Waals surface area contributed by atoms with Gasteiger partial charge in [0.1, 0.15) is 5.75 Å². The molecule has 1 aromatic carbocycles. The number of hydrogen-bond donors (Lipinski definition) is 3. The van der Waals surface area contributed by atoms with Crippen molar-refractivity contribution in [2.45, 2.75) is 26.3 Å². The summed E-state index contributed by atoms with van der Waals surface area (Å²) >= 11 is 0. The molecule has 1 aromatic rings. The fourth-order valence-corrected chi connectivity index (χ4v) is 2.14. The lowest BCUT2D eigenvalue weighted by Crippen LogP contribution is -2.26. The Morgan fingerprint density at radius 2 is 2.05 bits per heavy atom. The van der Waals surface area contributed by atoms with Gasteiger partial charge in [0.15, 0.2) is 0 Å². The molecule has 110 valence electrons. The lowest BCUT2D eigenvalue weighted by molar-refractivity contribution is -0.117. The summed E-state index contributed by atoms with van der Waals surface area (Å²) in [7, 11) is 0. The van der Waals surface area contributed by atoms with Crippen molar-refractivity contribution in [3.63, 3.8) is 0 Å². The Labute approximate surface area is 124 Å². The Kier molecular flexibility index (Phi) is 4.82. The molecular formula is C17H20N2O2. The molecule has 0 fully saturated rings. The van der Waals surface area contributed by atoms with Gasteiger partial charge in [-0.25, -0.2) is 0 Å². The van der Waals surface area contributed by atoms with E-state index in [4.69, 9.17) is 5.73 Å². The van der Waals surface area contributed by atoms with Gasteiger partial charge < -0.3 is 16.2 Å². The zero-order valence-corrected chi connectivity index (χ0v) is 12.1. The summed E-state index contributed by atoms with van der Waals surface area (Å²) < 4.78 is 0. The summed E-state index contributed by atoms with van der Waals surface area (Å²) in [5.41, 5.74) is 9.28. The first kappa shape index (κ1) is 14.9. The van der Waals surface area contributed by atoms with E-state index >= 15 is 0 Å². The summed E-state index contributed by atoms with van der Waals surface area (Å²) in [5, 5.41) is 12.1. The molecule has 0 aromatic heterocycles. The van der Waals surface area contributed by atoms with Crippen LogP contribution in [-0.2, 0) is 11.3 Å². The third kappa shape index (κ3) is 3.99. The molecule has 0 unspecified atom stereocenters. The Hall–Kier alpha value is -2.49. The van der Waals surface area contributed by atoms with E-state index in [9.17, 15) is 9.90 Å². The second-order valence-corrected chi connectivity index (χ2v) is 5.00. The number of allylic oxidation sites excluding steroid dienone is 3. The number of phenolic OH excluding ortho intramolecular Hbond substituents is 1. The minimum Gasteiger partial charge on any atom is -0.508 e. The molecule has 4 nitrogen and oxygen atoms in total. The van der Waals surface area contributed by atoms with E-state index in [1.807, 2.05) is 12.2 Å². The van der Waals surface area contributed by atoms with Gasteiger partial charge in [-0.2, -0.15) is 0 Å². The number of carbonyl (C=O) groups is 1. The van der Waals surface area contributed by atoms with E-state index in [-0.39, 0.29) is 11.7 Å². The maximum atomic E-state index is 12.2. The molecule has 0 atom stereocenters. The third-order valence-electron chi connectivity index (χ3n) is 3.45. The van der Waals surface area contributed by atoms with Gasteiger partial charge in [0, 0.05) is 18.7 Å². The number of nitrogens with two attached hydrogens (primary N) is 1. The maximum Gasteiger partial charge on any atom is 0.253 e. The van der Waals surface area contributed by atoms with Gasteiger partial charge in [-0.05, 0) is 30.2 Å². The zero-order valence-electron chi connectivity index (χ0n) is 12.1. The molecule has 0 bridgehead atoms. The third-order valence-corrected chi connectivity index (χ3v) is 3.45. The van der Waals surface area contributed by atoms with E-state index in [0.717, 1.165) is 12.0 Å². The molecule has 0 saturated carbocycles. The molecule has 4 heteroatoms. The van der Waals surface area contributed by atoms with Crippen LogP contribution in [0.4, 0.5) is 0 Å². The topological polar surface area (TPSA) is 75.3 Å². The summed E-state index contributed by atoms with van der Waals surface area (Å²) in [6, 6.07) is 6.73. The lowest BCUT2D eigenvalue weighted by atomic mass is 10.1. The second-order valence-electron chi connectivity index (χ2n) is 5.00. The Bertz CT molecular complexity index is 610. The van der Waals surface area contributed by atoms with Crippen LogP contribution in [0.2, 0.25) is 0 Å². The van der Waals surface area contributed by atoms with Crippen molar-refractivity contribution in [2.75, 3.05) is 0 Å². The first-order valence-corrected chi connectivity index (χ1v) is 7.01. The summed E-state index contributed by atoms with van der Waals surface area (Å²) in [5.74, 6) is 0.0319. The average molecular weight is 284 g/mol. The molecule has 0 aliphatic heterocycles. The molecule has 1 amide bonds. The number of benzene rings is 1. The normalized spacial score (nSPS) is 14.6. The summed E-state index contributed by atoms with van der Waals surface area (Å²) in [6.07, 6.45) is 7.18. The second kappa shape index (κ2) is 6.79. The van der Waals surface area contributed by atoms with Crippen LogP contribution < -0.4 is 11.1 Å². The van der Waals surface area contributed by atoms with E-state index in [1.165, 1.54) is 5.57 Å². The lowest BCUT2D eigenvalue weighted by Gasteiger charge is -2.09. The van der Waals surface area contributed by atoms with Gasteiger partial charge in [0.25, 0.3) is 5.91 Å². The standard InChI is InChI=1S/C17H20N2O2/c1-2-12-4-3-5-15(16(18)10-12)17(21)19-11-13-6-8-14(20)9-7-13/h3-9,20H,2,10-11,18H2,1H3,(H,19,21). The van der Waals surface area contributed by atoms with Crippen molar-refractivity contribution in [3.05, 3.63) is 64.9 Å². The predicted molar refractivity (Wildman–Crippen MR) is 83.3 cm³/mol. The Morgan fingerprint density at radius 3 is 2.71 bits per heavy atom. The number of aromatic hydroxyl groups is 1. The monoisotopic (exact) mass is 284 g/mol. The number of phenols is 1. The highest BCUT2D eigenvalue weighted by Crippen LogP contribution is 2.18. The van der Waals surface area contributed by atoms with E-state index in [0.29, 0.717) is 24.2 Å². The number of amides is 1. The highest BCUT2D eigenvalue weighted by molar-refractivity contribution is 5.97. The van der Waals surface area contributed by atoms with Gasteiger partial charge >= 0.3 is 0 Å². The first-order chi connectivity index (χ1) is 10.1. The molecule has 21 heavy (non-hydrogen) atoms. The van der Waals surface area contributed by atoms with Crippen LogP contribution >= 0.6 is 0 Å². The number of carbonyl (C=O) groups excluding carboxylic acids is 1. The van der Waals surface area contributed by atoms with Crippen molar-refractivity contribution < 1.29 is 9.90 Å². The van der Waals surface area contributed by atoms with Crippen LogP contribution in [0.15, 0.2) is 59.3 Å². The number of hydrogen-bond acceptors (Lipinski definition) is 3. The molecular weight excluding hydrogens is 264 g/mol. The Morgan fingerprint density at radius 1 is 1.33 bits per heavy atom. The zero-order chi connectivity index (χ0) is 15.2. The fraction of sp³-hybridized carbons (Fsp3) is 0.235. The van der Waals surface area contributed by atoms with E-state index in [1.54, 1.807) is 30.3 Å². The molecule has 0 radical (unpaired) electrons.